The van der Waals surface area contributed by atoms with E-state index in [0.717, 1.165) is 0 Å². The van der Waals surface area contributed by atoms with Crippen molar-refractivity contribution in [1.82, 2.24) is 4.90 Å². The highest BCUT2D eigenvalue weighted by Gasteiger charge is 2.37. The predicted octanol–water partition coefficient (Wildman–Crippen LogP) is 2.47. The van der Waals surface area contributed by atoms with Crippen molar-refractivity contribution in [3.05, 3.63) is 29.8 Å². The zero-order chi connectivity index (χ0) is 16.4. The lowest BCUT2D eigenvalue weighted by Crippen LogP contribution is -2.45. The van der Waals surface area contributed by atoms with Gasteiger partial charge < -0.3 is 10.2 Å². The molecule has 0 saturated carbocycles. The molecule has 0 aromatic heterocycles. The molecule has 2 rings (SSSR count). The van der Waals surface area contributed by atoms with E-state index >= 15 is 0 Å². The highest BCUT2D eigenvalue weighted by molar-refractivity contribution is 6.21. The molecule has 1 heterocycles. The Morgan fingerprint density at radius 2 is 1.73 bits per heavy atom. The van der Waals surface area contributed by atoms with E-state index in [0.29, 0.717) is 11.3 Å². The number of benzene rings is 1. The third-order valence-electron chi connectivity index (χ3n) is 3.86. The molecule has 118 valence electrons. The average molecular weight is 302 g/mol. The standard InChI is InChI=1S/C17H22N2O3/c1-10(2)19(11(3)4)15(20)9-13-16(21)12-7-5-6-8-14(12)18-17(13)22/h5-8,10-11,13H,9H2,1-4H3,(H,18,22). The van der Waals surface area contributed by atoms with Gasteiger partial charge in [-0.3, -0.25) is 14.4 Å². The van der Waals surface area contributed by atoms with E-state index in [1.54, 1.807) is 29.2 Å². The Morgan fingerprint density at radius 3 is 2.32 bits per heavy atom. The summed E-state index contributed by atoms with van der Waals surface area (Å²) in [5, 5.41) is 2.71. The summed E-state index contributed by atoms with van der Waals surface area (Å²) in [6.07, 6.45) is -0.0879. The van der Waals surface area contributed by atoms with Gasteiger partial charge >= 0.3 is 0 Å². The molecular formula is C17H22N2O3. The molecule has 0 radical (unpaired) electrons. The lowest BCUT2D eigenvalue weighted by atomic mass is 9.88. The van der Waals surface area contributed by atoms with E-state index in [-0.39, 0.29) is 30.2 Å². The van der Waals surface area contributed by atoms with Crippen LogP contribution >= 0.6 is 0 Å². The van der Waals surface area contributed by atoms with Gasteiger partial charge in [-0.05, 0) is 39.8 Å². The number of hydrogen-bond acceptors (Lipinski definition) is 3. The maximum atomic E-state index is 12.5. The van der Waals surface area contributed by atoms with Crippen LogP contribution in [-0.2, 0) is 9.59 Å². The Balaban J connectivity index is 2.21. The molecular weight excluding hydrogens is 280 g/mol. The molecule has 1 aliphatic rings. The number of Topliss-reactive ketones (excluding diaryl/α,β-unsaturated/α-hetero) is 1. The number of nitrogens with zero attached hydrogens (tertiary/aromatic N) is 1. The second-order valence-corrected chi connectivity index (χ2v) is 6.14. The highest BCUT2D eigenvalue weighted by atomic mass is 16.2. The number of nitrogens with one attached hydrogen (secondary N) is 1. The van der Waals surface area contributed by atoms with Gasteiger partial charge in [0, 0.05) is 24.1 Å². The quantitative estimate of drug-likeness (QED) is 0.869. The summed E-state index contributed by atoms with van der Waals surface area (Å²) >= 11 is 0. The first-order valence-corrected chi connectivity index (χ1v) is 7.58. The first kappa shape index (κ1) is 16.2. The Kier molecular flexibility index (Phi) is 4.64. The first-order chi connectivity index (χ1) is 10.3. The van der Waals surface area contributed by atoms with Crippen molar-refractivity contribution in [2.45, 2.75) is 46.2 Å². The summed E-state index contributed by atoms with van der Waals surface area (Å²) in [4.78, 5) is 38.9. The van der Waals surface area contributed by atoms with E-state index in [4.69, 9.17) is 0 Å². The van der Waals surface area contributed by atoms with E-state index in [1.807, 2.05) is 27.7 Å². The van der Waals surface area contributed by atoms with Gasteiger partial charge in [-0.2, -0.15) is 0 Å². The fraction of sp³-hybridized carbons (Fsp3) is 0.471. The highest BCUT2D eigenvalue weighted by Crippen LogP contribution is 2.27. The Labute approximate surface area is 130 Å². The summed E-state index contributed by atoms with van der Waals surface area (Å²) < 4.78 is 0. The average Bonchev–Trinajstić information content (AvgIpc) is 2.42. The number of carbonyl (C=O) groups excluding carboxylic acids is 3. The molecule has 1 unspecified atom stereocenters. The maximum Gasteiger partial charge on any atom is 0.235 e. The van der Waals surface area contributed by atoms with Gasteiger partial charge in [0.05, 0.1) is 5.69 Å². The summed E-state index contributed by atoms with van der Waals surface area (Å²) in [5.41, 5.74) is 0.992. The van der Waals surface area contributed by atoms with Crippen LogP contribution in [0.3, 0.4) is 0 Å². The molecule has 1 aliphatic heterocycles. The number of para-hydroxylation sites is 1. The van der Waals surface area contributed by atoms with E-state index in [2.05, 4.69) is 5.32 Å². The minimum atomic E-state index is -0.942. The minimum Gasteiger partial charge on any atom is -0.338 e. The van der Waals surface area contributed by atoms with Crippen LogP contribution in [0.1, 0.15) is 44.5 Å². The van der Waals surface area contributed by atoms with Crippen molar-refractivity contribution in [3.63, 3.8) is 0 Å². The van der Waals surface area contributed by atoms with Crippen LogP contribution in [0.2, 0.25) is 0 Å². The molecule has 0 fully saturated rings. The normalized spacial score (nSPS) is 17.5. The van der Waals surface area contributed by atoms with Crippen molar-refractivity contribution in [2.75, 3.05) is 5.32 Å². The molecule has 2 amide bonds. The number of fused-ring (bicyclic) bond motifs is 1. The van der Waals surface area contributed by atoms with Crippen molar-refractivity contribution in [1.29, 1.82) is 0 Å². The molecule has 0 spiro atoms. The first-order valence-electron chi connectivity index (χ1n) is 7.58. The van der Waals surface area contributed by atoms with Crippen molar-refractivity contribution >= 4 is 23.3 Å². The van der Waals surface area contributed by atoms with Gasteiger partial charge in [0.15, 0.2) is 5.78 Å². The lowest BCUT2D eigenvalue weighted by molar-refractivity contribution is -0.137. The van der Waals surface area contributed by atoms with Gasteiger partial charge in [-0.25, -0.2) is 0 Å². The minimum absolute atomic E-state index is 0.0292. The largest absolute Gasteiger partial charge is 0.338 e. The zero-order valence-electron chi connectivity index (χ0n) is 13.4. The molecule has 1 N–H and O–H groups in total. The topological polar surface area (TPSA) is 66.5 Å². The summed E-state index contributed by atoms with van der Waals surface area (Å²) in [7, 11) is 0. The van der Waals surface area contributed by atoms with Crippen LogP contribution < -0.4 is 5.32 Å². The molecule has 0 aliphatic carbocycles. The number of carbonyl (C=O) groups is 3. The van der Waals surface area contributed by atoms with Crippen molar-refractivity contribution in [3.8, 4) is 0 Å². The fourth-order valence-electron chi connectivity index (χ4n) is 2.97. The molecule has 0 bridgehead atoms. The van der Waals surface area contributed by atoms with Gasteiger partial charge in [0.25, 0.3) is 0 Å². The van der Waals surface area contributed by atoms with Crippen LogP contribution in [0.25, 0.3) is 0 Å². The summed E-state index contributed by atoms with van der Waals surface area (Å²) in [6, 6.07) is 6.94. The second-order valence-electron chi connectivity index (χ2n) is 6.14. The molecule has 0 saturated heterocycles. The molecule has 22 heavy (non-hydrogen) atoms. The maximum absolute atomic E-state index is 12.5. The van der Waals surface area contributed by atoms with Crippen LogP contribution in [0.5, 0.6) is 0 Å². The lowest BCUT2D eigenvalue weighted by Gasteiger charge is -2.32. The Hall–Kier alpha value is -2.17. The number of ketones is 1. The monoisotopic (exact) mass is 302 g/mol. The SMILES string of the molecule is CC(C)N(C(=O)CC1C(=O)Nc2ccccc2C1=O)C(C)C. The third kappa shape index (κ3) is 3.03. The second kappa shape index (κ2) is 6.30. The summed E-state index contributed by atoms with van der Waals surface area (Å²) in [5.74, 6) is -1.79. The van der Waals surface area contributed by atoms with Crippen LogP contribution in [-0.4, -0.2) is 34.6 Å². The number of hydrogen-bond donors (Lipinski definition) is 1. The van der Waals surface area contributed by atoms with Gasteiger partial charge in [0.1, 0.15) is 5.92 Å². The number of anilines is 1. The summed E-state index contributed by atoms with van der Waals surface area (Å²) in [6.45, 7) is 7.71. The van der Waals surface area contributed by atoms with E-state index in [1.165, 1.54) is 0 Å². The molecule has 5 nitrogen and oxygen atoms in total. The predicted molar refractivity (Wildman–Crippen MR) is 84.6 cm³/mol. The van der Waals surface area contributed by atoms with Crippen molar-refractivity contribution < 1.29 is 14.4 Å². The van der Waals surface area contributed by atoms with Crippen LogP contribution in [0, 0.1) is 5.92 Å². The van der Waals surface area contributed by atoms with Crippen LogP contribution in [0.4, 0.5) is 5.69 Å². The number of amides is 2. The van der Waals surface area contributed by atoms with Gasteiger partial charge in [0.2, 0.25) is 11.8 Å². The zero-order valence-corrected chi connectivity index (χ0v) is 13.4. The Bertz CT molecular complexity index is 600. The molecule has 1 aromatic rings. The van der Waals surface area contributed by atoms with E-state index in [9.17, 15) is 14.4 Å². The third-order valence-corrected chi connectivity index (χ3v) is 3.86. The van der Waals surface area contributed by atoms with Gasteiger partial charge in [-0.1, -0.05) is 12.1 Å². The fourth-order valence-corrected chi connectivity index (χ4v) is 2.97. The van der Waals surface area contributed by atoms with Crippen LogP contribution in [0.15, 0.2) is 24.3 Å². The van der Waals surface area contributed by atoms with E-state index < -0.39 is 11.8 Å². The Morgan fingerprint density at radius 1 is 1.14 bits per heavy atom. The number of rotatable bonds is 4. The molecule has 5 heteroatoms. The van der Waals surface area contributed by atoms with Crippen molar-refractivity contribution in [2.24, 2.45) is 5.92 Å². The smallest absolute Gasteiger partial charge is 0.235 e. The molecule has 1 atom stereocenters. The van der Waals surface area contributed by atoms with Gasteiger partial charge in [-0.15, -0.1) is 0 Å². The molecule has 1 aromatic carbocycles.